The molecule has 3 aromatic heterocycles. The number of hydrogen-bond acceptors (Lipinski definition) is 5. The number of nitrogens with zero attached hydrogens (tertiary/aromatic N) is 5. The Morgan fingerprint density at radius 3 is 2.96 bits per heavy atom. The largest absolute Gasteiger partial charge is 0.448 e. The van der Waals surface area contributed by atoms with Crippen LogP contribution in [0.15, 0.2) is 35.1 Å². The fourth-order valence-electron chi connectivity index (χ4n) is 3.26. The van der Waals surface area contributed by atoms with Crippen LogP contribution in [0.2, 0.25) is 0 Å². The third-order valence-corrected chi connectivity index (χ3v) is 4.76. The van der Waals surface area contributed by atoms with Gasteiger partial charge in [0.1, 0.15) is 17.6 Å². The number of hydrogen-bond donors (Lipinski definition) is 0. The van der Waals surface area contributed by atoms with Crippen LogP contribution < -0.4 is 0 Å². The monoisotopic (exact) mass is 329 g/mol. The van der Waals surface area contributed by atoms with Gasteiger partial charge in [0, 0.05) is 18.4 Å². The maximum Gasteiger partial charge on any atom is 0.197 e. The second-order valence-electron chi connectivity index (χ2n) is 6.55. The molecule has 1 aliphatic carbocycles. The van der Waals surface area contributed by atoms with E-state index in [9.17, 15) is 5.26 Å². The lowest BCUT2D eigenvalue weighted by atomic mass is 10.1. The molecule has 0 bridgehead atoms. The average molecular weight is 329 g/mol. The van der Waals surface area contributed by atoms with Gasteiger partial charge in [0.05, 0.1) is 41.0 Å². The summed E-state index contributed by atoms with van der Waals surface area (Å²) in [6, 6.07) is 7.72. The average Bonchev–Trinajstić information content (AvgIpc) is 3.30. The maximum absolute atomic E-state index is 9.18. The van der Waals surface area contributed by atoms with Crippen LogP contribution >= 0.6 is 0 Å². The van der Waals surface area contributed by atoms with E-state index in [1.807, 2.05) is 19.2 Å². The number of imidazole rings is 1. The lowest BCUT2D eigenvalue weighted by Crippen LogP contribution is -2.00. The molecule has 5 rings (SSSR count). The minimum absolute atomic E-state index is 0.506. The summed E-state index contributed by atoms with van der Waals surface area (Å²) < 4.78 is 7.64. The van der Waals surface area contributed by atoms with Crippen LogP contribution in [0.3, 0.4) is 0 Å². The summed E-state index contributed by atoms with van der Waals surface area (Å²) in [6.07, 6.45) is 6.47. The summed E-state index contributed by atoms with van der Waals surface area (Å²) in [7, 11) is 1.99. The minimum Gasteiger partial charge on any atom is -0.448 e. The molecule has 0 aliphatic heterocycles. The van der Waals surface area contributed by atoms with E-state index >= 15 is 0 Å². The molecule has 1 saturated carbocycles. The van der Waals surface area contributed by atoms with Crippen molar-refractivity contribution in [3.8, 4) is 6.07 Å². The van der Waals surface area contributed by atoms with Gasteiger partial charge in [-0.1, -0.05) is 0 Å². The maximum atomic E-state index is 9.18. The third-order valence-electron chi connectivity index (χ3n) is 4.76. The SMILES string of the molecule is Cn1c(Cc2coc(C3CC3)n2)nc2cnc3ccc(C#N)cc3c21. The van der Waals surface area contributed by atoms with E-state index in [1.165, 1.54) is 12.8 Å². The molecule has 0 N–H and O–H groups in total. The van der Waals surface area contributed by atoms with Crippen molar-refractivity contribution in [3.05, 3.63) is 53.6 Å². The van der Waals surface area contributed by atoms with Crippen molar-refractivity contribution < 1.29 is 4.42 Å². The summed E-state index contributed by atoms with van der Waals surface area (Å²) in [5.74, 6) is 2.26. The highest BCUT2D eigenvalue weighted by Gasteiger charge is 2.28. The smallest absolute Gasteiger partial charge is 0.197 e. The Bertz CT molecular complexity index is 1160. The topological polar surface area (TPSA) is 80.5 Å². The number of rotatable bonds is 3. The molecule has 0 radical (unpaired) electrons. The molecule has 1 aliphatic rings. The first kappa shape index (κ1) is 14.2. The summed E-state index contributed by atoms with van der Waals surface area (Å²) in [4.78, 5) is 13.8. The molecular weight excluding hydrogens is 314 g/mol. The van der Waals surface area contributed by atoms with Crippen LogP contribution in [0.25, 0.3) is 21.9 Å². The van der Waals surface area contributed by atoms with Gasteiger partial charge in [0.15, 0.2) is 5.89 Å². The van der Waals surface area contributed by atoms with Gasteiger partial charge in [-0.3, -0.25) is 4.98 Å². The van der Waals surface area contributed by atoms with Crippen molar-refractivity contribution in [1.29, 1.82) is 5.26 Å². The normalized spacial score (nSPS) is 14.2. The number of fused-ring (bicyclic) bond motifs is 3. The van der Waals surface area contributed by atoms with E-state index in [4.69, 9.17) is 9.40 Å². The Kier molecular flexibility index (Phi) is 2.92. The first-order valence-corrected chi connectivity index (χ1v) is 8.31. The molecular formula is C19H15N5O. The Labute approximate surface area is 143 Å². The van der Waals surface area contributed by atoms with Crippen LogP contribution in [0.4, 0.5) is 0 Å². The molecule has 1 aromatic carbocycles. The number of nitriles is 1. The van der Waals surface area contributed by atoms with E-state index in [1.54, 1.807) is 18.5 Å². The molecule has 6 nitrogen and oxygen atoms in total. The first-order valence-electron chi connectivity index (χ1n) is 8.31. The number of aryl methyl sites for hydroxylation is 1. The van der Waals surface area contributed by atoms with Crippen LogP contribution in [-0.4, -0.2) is 19.5 Å². The highest BCUT2D eigenvalue weighted by atomic mass is 16.3. The van der Waals surface area contributed by atoms with Gasteiger partial charge in [-0.25, -0.2) is 9.97 Å². The van der Waals surface area contributed by atoms with Crippen LogP contribution in [0.1, 0.15) is 41.7 Å². The van der Waals surface area contributed by atoms with E-state index in [0.717, 1.165) is 39.3 Å². The Morgan fingerprint density at radius 2 is 2.16 bits per heavy atom. The lowest BCUT2D eigenvalue weighted by molar-refractivity contribution is 0.497. The van der Waals surface area contributed by atoms with Gasteiger partial charge < -0.3 is 8.98 Å². The molecule has 0 unspecified atom stereocenters. The van der Waals surface area contributed by atoms with Crippen molar-refractivity contribution in [3.63, 3.8) is 0 Å². The van der Waals surface area contributed by atoms with Gasteiger partial charge in [-0.05, 0) is 31.0 Å². The summed E-state index contributed by atoms with van der Waals surface area (Å²) >= 11 is 0. The Morgan fingerprint density at radius 1 is 1.28 bits per heavy atom. The fraction of sp³-hybridized carbons (Fsp3) is 0.263. The molecule has 1 fully saturated rings. The number of aromatic nitrogens is 4. The van der Waals surface area contributed by atoms with Gasteiger partial charge in [0.25, 0.3) is 0 Å². The number of pyridine rings is 1. The highest BCUT2D eigenvalue weighted by molar-refractivity contribution is 6.02. The van der Waals surface area contributed by atoms with Crippen molar-refractivity contribution >= 4 is 21.9 Å². The molecule has 4 aromatic rings. The predicted octanol–water partition coefficient (Wildman–Crippen LogP) is 3.45. The Balaban J connectivity index is 1.62. The zero-order valence-electron chi connectivity index (χ0n) is 13.7. The van der Waals surface area contributed by atoms with Gasteiger partial charge >= 0.3 is 0 Å². The van der Waals surface area contributed by atoms with Crippen molar-refractivity contribution in [2.75, 3.05) is 0 Å². The quantitative estimate of drug-likeness (QED) is 0.575. The zero-order valence-corrected chi connectivity index (χ0v) is 13.7. The van der Waals surface area contributed by atoms with E-state index in [2.05, 4.69) is 20.6 Å². The Hall–Kier alpha value is -3.20. The zero-order chi connectivity index (χ0) is 17.0. The van der Waals surface area contributed by atoms with E-state index in [0.29, 0.717) is 17.9 Å². The van der Waals surface area contributed by atoms with Gasteiger partial charge in [0.2, 0.25) is 0 Å². The molecule has 122 valence electrons. The van der Waals surface area contributed by atoms with Gasteiger partial charge in [-0.2, -0.15) is 5.26 Å². The molecule has 25 heavy (non-hydrogen) atoms. The number of oxazole rings is 1. The van der Waals surface area contributed by atoms with Crippen molar-refractivity contribution in [1.82, 2.24) is 19.5 Å². The molecule has 6 heteroatoms. The van der Waals surface area contributed by atoms with Crippen molar-refractivity contribution in [2.45, 2.75) is 25.2 Å². The van der Waals surface area contributed by atoms with Crippen LogP contribution in [0.5, 0.6) is 0 Å². The second-order valence-corrected chi connectivity index (χ2v) is 6.55. The molecule has 0 spiro atoms. The summed E-state index contributed by atoms with van der Waals surface area (Å²) in [5.41, 5.74) is 4.19. The molecule has 0 saturated heterocycles. The second kappa shape index (κ2) is 5.15. The minimum atomic E-state index is 0.506. The van der Waals surface area contributed by atoms with E-state index in [-0.39, 0.29) is 0 Å². The standard InChI is InChI=1S/C19H15N5O/c1-24-17(7-13-10-25-19(22-13)12-3-4-12)23-16-9-21-15-5-2-11(8-20)6-14(15)18(16)24/h2,5-6,9-10,12H,3-4,7H2,1H3. The molecule has 3 heterocycles. The summed E-state index contributed by atoms with van der Waals surface area (Å²) in [6.45, 7) is 0. The molecule has 0 atom stereocenters. The molecule has 0 amide bonds. The predicted molar refractivity (Wildman–Crippen MR) is 92.0 cm³/mol. The highest BCUT2D eigenvalue weighted by Crippen LogP contribution is 2.39. The third kappa shape index (κ3) is 2.28. The van der Waals surface area contributed by atoms with Crippen LogP contribution in [0, 0.1) is 11.3 Å². The summed E-state index contributed by atoms with van der Waals surface area (Å²) in [5, 5.41) is 10.1. The van der Waals surface area contributed by atoms with Crippen molar-refractivity contribution in [2.24, 2.45) is 7.05 Å². The first-order chi connectivity index (χ1) is 12.2. The lowest BCUT2D eigenvalue weighted by Gasteiger charge is -2.03. The van der Waals surface area contributed by atoms with E-state index < -0.39 is 0 Å². The number of benzene rings is 1. The van der Waals surface area contributed by atoms with Gasteiger partial charge in [-0.15, -0.1) is 0 Å². The fourth-order valence-corrected chi connectivity index (χ4v) is 3.26. The van der Waals surface area contributed by atoms with Crippen LogP contribution in [-0.2, 0) is 13.5 Å².